The standard InChI is InChI=1S/C18H21N3O3/c1-23-14-7-8-17(24-2)15(11-14)16-6-4-10-21(16)18(22)20-13-5-3-9-19-12-13/h3,5,7-9,11-12,16H,4,6,10H2,1-2H3,(H,20,22)/t16-/m1/s1. The molecule has 6 heteroatoms. The third-order valence-corrected chi connectivity index (χ3v) is 4.22. The fraction of sp³-hybridized carbons (Fsp3) is 0.333. The molecule has 1 aliphatic rings. The fourth-order valence-corrected chi connectivity index (χ4v) is 3.06. The quantitative estimate of drug-likeness (QED) is 0.934. The van der Waals surface area contributed by atoms with Gasteiger partial charge in [0, 0.05) is 18.3 Å². The molecular weight excluding hydrogens is 306 g/mol. The highest BCUT2D eigenvalue weighted by atomic mass is 16.5. The number of hydrogen-bond acceptors (Lipinski definition) is 4. The van der Waals surface area contributed by atoms with Crippen LogP contribution in [-0.4, -0.2) is 36.7 Å². The molecule has 3 rings (SSSR count). The Hall–Kier alpha value is -2.76. The van der Waals surface area contributed by atoms with Crippen molar-refractivity contribution in [3.05, 3.63) is 48.3 Å². The van der Waals surface area contributed by atoms with Crippen LogP contribution >= 0.6 is 0 Å². The highest BCUT2D eigenvalue weighted by Gasteiger charge is 2.32. The lowest BCUT2D eigenvalue weighted by Crippen LogP contribution is -2.34. The van der Waals surface area contributed by atoms with E-state index in [9.17, 15) is 4.79 Å². The van der Waals surface area contributed by atoms with Crippen molar-refractivity contribution in [1.29, 1.82) is 0 Å². The van der Waals surface area contributed by atoms with Gasteiger partial charge in [-0.15, -0.1) is 0 Å². The average molecular weight is 327 g/mol. The lowest BCUT2D eigenvalue weighted by molar-refractivity contribution is 0.206. The Morgan fingerprint density at radius 3 is 2.88 bits per heavy atom. The van der Waals surface area contributed by atoms with Gasteiger partial charge < -0.3 is 19.7 Å². The van der Waals surface area contributed by atoms with Crippen molar-refractivity contribution in [2.45, 2.75) is 18.9 Å². The van der Waals surface area contributed by atoms with Crippen LogP contribution in [0.15, 0.2) is 42.7 Å². The molecule has 0 saturated carbocycles. The molecule has 2 amide bonds. The Morgan fingerprint density at radius 1 is 1.29 bits per heavy atom. The van der Waals surface area contributed by atoms with Crippen LogP contribution in [0.3, 0.4) is 0 Å². The fourth-order valence-electron chi connectivity index (χ4n) is 3.06. The van der Waals surface area contributed by atoms with Gasteiger partial charge >= 0.3 is 6.03 Å². The second-order valence-electron chi connectivity index (χ2n) is 5.63. The minimum atomic E-state index is -0.129. The van der Waals surface area contributed by atoms with Crippen molar-refractivity contribution in [3.8, 4) is 11.5 Å². The second-order valence-corrected chi connectivity index (χ2v) is 5.63. The zero-order valence-electron chi connectivity index (χ0n) is 13.9. The van der Waals surface area contributed by atoms with E-state index in [2.05, 4.69) is 10.3 Å². The minimum Gasteiger partial charge on any atom is -0.497 e. The van der Waals surface area contributed by atoms with Gasteiger partial charge in [-0.2, -0.15) is 0 Å². The molecule has 1 fully saturated rings. The van der Waals surface area contributed by atoms with Gasteiger partial charge in [0.1, 0.15) is 11.5 Å². The largest absolute Gasteiger partial charge is 0.497 e. The van der Waals surface area contributed by atoms with E-state index in [4.69, 9.17) is 9.47 Å². The number of amides is 2. The number of benzene rings is 1. The van der Waals surface area contributed by atoms with E-state index in [0.29, 0.717) is 12.2 Å². The Balaban J connectivity index is 1.84. The van der Waals surface area contributed by atoms with Gasteiger partial charge in [0.25, 0.3) is 0 Å². The zero-order valence-corrected chi connectivity index (χ0v) is 13.9. The van der Waals surface area contributed by atoms with E-state index in [1.54, 1.807) is 32.7 Å². The molecule has 1 atom stereocenters. The van der Waals surface area contributed by atoms with Gasteiger partial charge in [0.05, 0.1) is 32.1 Å². The van der Waals surface area contributed by atoms with Gasteiger partial charge in [-0.05, 0) is 43.2 Å². The number of ether oxygens (including phenoxy) is 2. The molecule has 126 valence electrons. The van der Waals surface area contributed by atoms with Crippen LogP contribution in [0.2, 0.25) is 0 Å². The topological polar surface area (TPSA) is 63.7 Å². The number of hydrogen-bond donors (Lipinski definition) is 1. The summed E-state index contributed by atoms with van der Waals surface area (Å²) >= 11 is 0. The summed E-state index contributed by atoms with van der Waals surface area (Å²) in [6, 6.07) is 9.13. The van der Waals surface area contributed by atoms with E-state index >= 15 is 0 Å². The van der Waals surface area contributed by atoms with Crippen LogP contribution in [-0.2, 0) is 0 Å². The molecular formula is C18H21N3O3. The van der Waals surface area contributed by atoms with E-state index in [1.165, 1.54) is 0 Å². The summed E-state index contributed by atoms with van der Waals surface area (Å²) in [4.78, 5) is 18.5. The number of pyridine rings is 1. The van der Waals surface area contributed by atoms with Gasteiger partial charge in [-0.1, -0.05) is 0 Å². The molecule has 0 aliphatic carbocycles. The summed E-state index contributed by atoms with van der Waals surface area (Å²) in [7, 11) is 3.27. The van der Waals surface area contributed by atoms with Crippen LogP contribution in [0.1, 0.15) is 24.4 Å². The number of aromatic nitrogens is 1. The number of likely N-dealkylation sites (tertiary alicyclic amines) is 1. The van der Waals surface area contributed by atoms with Crippen LogP contribution in [0.4, 0.5) is 10.5 Å². The van der Waals surface area contributed by atoms with Crippen LogP contribution < -0.4 is 14.8 Å². The second kappa shape index (κ2) is 7.21. The summed E-state index contributed by atoms with van der Waals surface area (Å²) < 4.78 is 10.8. The van der Waals surface area contributed by atoms with Gasteiger partial charge in [-0.3, -0.25) is 4.98 Å². The summed E-state index contributed by atoms with van der Waals surface area (Å²) in [5.41, 5.74) is 1.65. The summed E-state index contributed by atoms with van der Waals surface area (Å²) in [6.45, 7) is 0.705. The van der Waals surface area contributed by atoms with Gasteiger partial charge in [0.2, 0.25) is 0 Å². The molecule has 1 saturated heterocycles. The van der Waals surface area contributed by atoms with Crippen molar-refractivity contribution in [3.63, 3.8) is 0 Å². The highest BCUT2D eigenvalue weighted by molar-refractivity contribution is 5.89. The molecule has 6 nitrogen and oxygen atoms in total. The molecule has 0 spiro atoms. The summed E-state index contributed by atoms with van der Waals surface area (Å²) in [5.74, 6) is 1.52. The summed E-state index contributed by atoms with van der Waals surface area (Å²) in [6.07, 6.45) is 5.15. The molecule has 2 aromatic rings. The average Bonchev–Trinajstić information content (AvgIpc) is 3.11. The first-order chi connectivity index (χ1) is 11.7. The number of nitrogens with one attached hydrogen (secondary N) is 1. The third kappa shape index (κ3) is 3.27. The SMILES string of the molecule is COc1ccc(OC)c([C@H]2CCCN2C(=O)Nc2cccnc2)c1. The van der Waals surface area contributed by atoms with Gasteiger partial charge in [-0.25, -0.2) is 4.79 Å². The van der Waals surface area contributed by atoms with Crippen LogP contribution in [0, 0.1) is 0 Å². The van der Waals surface area contributed by atoms with Crippen molar-refractivity contribution in [1.82, 2.24) is 9.88 Å². The van der Waals surface area contributed by atoms with Crippen molar-refractivity contribution in [2.24, 2.45) is 0 Å². The van der Waals surface area contributed by atoms with E-state index in [1.807, 2.05) is 29.2 Å². The monoisotopic (exact) mass is 327 g/mol. The number of urea groups is 1. The number of anilines is 1. The van der Waals surface area contributed by atoms with Crippen LogP contribution in [0.25, 0.3) is 0 Å². The number of nitrogens with zero attached hydrogens (tertiary/aromatic N) is 2. The van der Waals surface area contributed by atoms with E-state index in [-0.39, 0.29) is 12.1 Å². The normalized spacial score (nSPS) is 16.8. The first-order valence-electron chi connectivity index (χ1n) is 7.92. The van der Waals surface area contributed by atoms with Crippen molar-refractivity contribution >= 4 is 11.7 Å². The van der Waals surface area contributed by atoms with Gasteiger partial charge in [0.15, 0.2) is 0 Å². The zero-order chi connectivity index (χ0) is 16.9. The number of rotatable bonds is 4. The predicted octanol–water partition coefficient (Wildman–Crippen LogP) is 3.47. The smallest absolute Gasteiger partial charge is 0.322 e. The lowest BCUT2D eigenvalue weighted by atomic mass is 10.0. The number of methoxy groups -OCH3 is 2. The van der Waals surface area contributed by atoms with Crippen molar-refractivity contribution < 1.29 is 14.3 Å². The maximum Gasteiger partial charge on any atom is 0.322 e. The van der Waals surface area contributed by atoms with Crippen LogP contribution in [0.5, 0.6) is 11.5 Å². The Bertz CT molecular complexity index is 706. The minimum absolute atomic E-state index is 0.0354. The van der Waals surface area contributed by atoms with Crippen molar-refractivity contribution in [2.75, 3.05) is 26.1 Å². The van der Waals surface area contributed by atoms with E-state index in [0.717, 1.165) is 29.9 Å². The highest BCUT2D eigenvalue weighted by Crippen LogP contribution is 2.39. The Kier molecular flexibility index (Phi) is 4.84. The van der Waals surface area contributed by atoms with E-state index < -0.39 is 0 Å². The molecule has 0 unspecified atom stereocenters. The molecule has 1 N–H and O–H groups in total. The molecule has 2 heterocycles. The Labute approximate surface area is 141 Å². The third-order valence-electron chi connectivity index (χ3n) is 4.22. The molecule has 0 radical (unpaired) electrons. The maximum absolute atomic E-state index is 12.7. The first-order valence-corrected chi connectivity index (χ1v) is 7.92. The summed E-state index contributed by atoms with van der Waals surface area (Å²) in [5, 5.41) is 2.90. The molecule has 0 bridgehead atoms. The Morgan fingerprint density at radius 2 is 2.17 bits per heavy atom. The molecule has 1 aliphatic heterocycles. The number of carbonyl (C=O) groups excluding carboxylic acids is 1. The predicted molar refractivity (Wildman–Crippen MR) is 91.5 cm³/mol. The molecule has 1 aromatic carbocycles. The molecule has 1 aromatic heterocycles. The number of carbonyl (C=O) groups is 1. The molecule has 24 heavy (non-hydrogen) atoms. The maximum atomic E-state index is 12.7. The lowest BCUT2D eigenvalue weighted by Gasteiger charge is -2.26. The first kappa shape index (κ1) is 16.1.